The minimum atomic E-state index is -1.11. The molecule has 1 heterocycles. The number of nitrogens with zero attached hydrogens (tertiary/aromatic N) is 3. The Kier molecular flexibility index (Phi) is 8.25. The average molecular weight is 464 g/mol. The Morgan fingerprint density at radius 1 is 1.28 bits per heavy atom. The molecule has 1 aromatic carbocycles. The van der Waals surface area contributed by atoms with E-state index in [0.29, 0.717) is 16.3 Å². The zero-order valence-electron chi connectivity index (χ0n) is 17.1. The Labute approximate surface area is 183 Å². The maximum absolute atomic E-state index is 14.1. The van der Waals surface area contributed by atoms with Gasteiger partial charge in [-0.2, -0.15) is 0 Å². The first-order chi connectivity index (χ1) is 13.6. The van der Waals surface area contributed by atoms with E-state index in [-0.39, 0.29) is 35.3 Å². The number of hydrogen-bond donors (Lipinski definition) is 0. The van der Waals surface area contributed by atoms with Gasteiger partial charge in [0.05, 0.1) is 10.7 Å². The SMILES string of the molecule is CSc1c(C)nc(C(OC(=O)N(C(C)C)C(C)C)c2ccc(Cl)c(F)c2)n1SF. The van der Waals surface area contributed by atoms with E-state index in [0.717, 1.165) is 0 Å². The third kappa shape index (κ3) is 5.19. The number of aryl methyl sites for hydroxylation is 1. The number of carbonyl (C=O) groups excluding carboxylic acids is 1. The lowest BCUT2D eigenvalue weighted by molar-refractivity contribution is 0.0548. The van der Waals surface area contributed by atoms with Gasteiger partial charge in [0.1, 0.15) is 10.8 Å². The van der Waals surface area contributed by atoms with Crippen LogP contribution in [0.15, 0.2) is 23.2 Å². The van der Waals surface area contributed by atoms with Crippen LogP contribution in [0.4, 0.5) is 13.1 Å². The summed E-state index contributed by atoms with van der Waals surface area (Å²) in [6.45, 7) is 9.20. The molecule has 2 aromatic rings. The minimum absolute atomic E-state index is 0.0455. The van der Waals surface area contributed by atoms with Gasteiger partial charge < -0.3 is 9.64 Å². The van der Waals surface area contributed by atoms with Crippen molar-refractivity contribution in [1.29, 1.82) is 0 Å². The number of ether oxygens (including phenoxy) is 1. The molecule has 0 N–H and O–H groups in total. The molecule has 1 amide bonds. The summed E-state index contributed by atoms with van der Waals surface area (Å²) in [6, 6.07) is 3.83. The van der Waals surface area contributed by atoms with Gasteiger partial charge in [-0.3, -0.25) is 0 Å². The van der Waals surface area contributed by atoms with Gasteiger partial charge in [-0.1, -0.05) is 17.7 Å². The van der Waals surface area contributed by atoms with Gasteiger partial charge in [0, 0.05) is 17.6 Å². The van der Waals surface area contributed by atoms with Gasteiger partial charge >= 0.3 is 6.09 Å². The molecule has 0 saturated heterocycles. The number of imidazole rings is 1. The van der Waals surface area contributed by atoms with E-state index >= 15 is 0 Å². The zero-order chi connectivity index (χ0) is 21.9. The van der Waals surface area contributed by atoms with E-state index in [1.807, 2.05) is 27.7 Å². The number of rotatable bonds is 7. The molecule has 2 rings (SSSR count). The van der Waals surface area contributed by atoms with Crippen LogP contribution in [0.5, 0.6) is 0 Å². The Morgan fingerprint density at radius 2 is 1.90 bits per heavy atom. The number of benzene rings is 1. The Balaban J connectivity index is 2.58. The Morgan fingerprint density at radius 3 is 2.38 bits per heavy atom. The molecule has 0 bridgehead atoms. The molecular formula is C19H24ClF2N3O2S2. The highest BCUT2D eigenvalue weighted by molar-refractivity contribution is 7.99. The van der Waals surface area contributed by atoms with Gasteiger partial charge in [-0.05, 0) is 53.0 Å². The molecule has 10 heteroatoms. The molecule has 1 atom stereocenters. The van der Waals surface area contributed by atoms with Crippen molar-refractivity contribution in [3.05, 3.63) is 46.1 Å². The lowest BCUT2D eigenvalue weighted by Gasteiger charge is -2.31. The molecule has 0 aliphatic rings. The van der Waals surface area contributed by atoms with Crippen molar-refractivity contribution < 1.29 is 17.8 Å². The third-order valence-corrected chi connectivity index (χ3v) is 6.06. The molecule has 0 spiro atoms. The summed E-state index contributed by atoms with van der Waals surface area (Å²) in [5, 5.41) is 0.515. The lowest BCUT2D eigenvalue weighted by atomic mass is 10.1. The Bertz CT molecular complexity index is 869. The summed E-state index contributed by atoms with van der Waals surface area (Å²) >= 11 is 7.07. The molecule has 0 saturated carbocycles. The van der Waals surface area contributed by atoms with Crippen LogP contribution in [0.2, 0.25) is 5.02 Å². The van der Waals surface area contributed by atoms with Crippen molar-refractivity contribution in [1.82, 2.24) is 13.9 Å². The predicted octanol–water partition coefficient (Wildman–Crippen LogP) is 6.43. The fourth-order valence-electron chi connectivity index (χ4n) is 3.10. The van der Waals surface area contributed by atoms with Crippen LogP contribution in [0, 0.1) is 12.7 Å². The second kappa shape index (κ2) is 10.0. The largest absolute Gasteiger partial charge is 0.433 e. The van der Waals surface area contributed by atoms with Crippen LogP contribution in [0.25, 0.3) is 0 Å². The molecule has 5 nitrogen and oxygen atoms in total. The van der Waals surface area contributed by atoms with Crippen LogP contribution in [0.3, 0.4) is 0 Å². The molecule has 1 unspecified atom stereocenters. The van der Waals surface area contributed by atoms with Crippen LogP contribution < -0.4 is 0 Å². The predicted molar refractivity (Wildman–Crippen MR) is 115 cm³/mol. The number of halogens is 3. The van der Waals surface area contributed by atoms with E-state index in [9.17, 15) is 13.1 Å². The van der Waals surface area contributed by atoms with Gasteiger partial charge in [0.2, 0.25) is 0 Å². The van der Waals surface area contributed by atoms with Gasteiger partial charge in [0.15, 0.2) is 24.3 Å². The molecule has 0 aliphatic carbocycles. The number of hydrogen-bond acceptors (Lipinski definition) is 5. The van der Waals surface area contributed by atoms with Crippen LogP contribution in [0.1, 0.15) is 50.9 Å². The quantitative estimate of drug-likeness (QED) is 0.442. The summed E-state index contributed by atoms with van der Waals surface area (Å²) in [6.07, 6.45) is 0.0807. The van der Waals surface area contributed by atoms with Crippen molar-refractivity contribution in [2.45, 2.75) is 57.8 Å². The highest BCUT2D eigenvalue weighted by Crippen LogP contribution is 2.35. The highest BCUT2D eigenvalue weighted by atomic mass is 35.5. The molecule has 1 aromatic heterocycles. The van der Waals surface area contributed by atoms with Crippen molar-refractivity contribution in [3.8, 4) is 0 Å². The number of thioether (sulfide) groups is 1. The molecule has 160 valence electrons. The summed E-state index contributed by atoms with van der Waals surface area (Å²) in [5.74, 6) is -0.510. The van der Waals surface area contributed by atoms with Crippen LogP contribution >= 0.6 is 35.7 Å². The third-order valence-electron chi connectivity index (χ3n) is 4.27. The van der Waals surface area contributed by atoms with Crippen LogP contribution in [-0.4, -0.2) is 38.3 Å². The van der Waals surface area contributed by atoms with Crippen molar-refractivity contribution in [2.75, 3.05) is 6.26 Å². The van der Waals surface area contributed by atoms with Gasteiger partial charge in [-0.25, -0.2) is 18.1 Å². The highest BCUT2D eigenvalue weighted by Gasteiger charge is 2.31. The average Bonchev–Trinajstić information content (AvgIpc) is 2.96. The monoisotopic (exact) mass is 463 g/mol. The van der Waals surface area contributed by atoms with Gasteiger partial charge in [-0.15, -0.1) is 15.6 Å². The summed E-state index contributed by atoms with van der Waals surface area (Å²) in [4.78, 5) is 18.9. The summed E-state index contributed by atoms with van der Waals surface area (Å²) in [7, 11) is 0. The van der Waals surface area contributed by atoms with E-state index < -0.39 is 18.0 Å². The number of carbonyl (C=O) groups is 1. The van der Waals surface area contributed by atoms with Crippen LogP contribution in [-0.2, 0) is 4.74 Å². The van der Waals surface area contributed by atoms with E-state index in [4.69, 9.17) is 16.3 Å². The first-order valence-electron chi connectivity index (χ1n) is 8.98. The summed E-state index contributed by atoms with van der Waals surface area (Å²) in [5.41, 5.74) is 0.887. The maximum Gasteiger partial charge on any atom is 0.411 e. The normalized spacial score (nSPS) is 12.5. The fourth-order valence-corrected chi connectivity index (χ4v) is 4.53. The standard InChI is InChI=1S/C19H24ClF2N3O2S2/c1-10(2)24(11(3)4)19(26)27-16(13-7-8-14(20)15(21)9-13)17-23-12(5)18(28-6)25(17)29-22/h7-11,16H,1-6H3. The van der Waals surface area contributed by atoms with Gasteiger partial charge in [0.25, 0.3) is 0 Å². The topological polar surface area (TPSA) is 47.4 Å². The molecular weight excluding hydrogens is 440 g/mol. The molecule has 0 radical (unpaired) electrons. The zero-order valence-corrected chi connectivity index (χ0v) is 19.5. The van der Waals surface area contributed by atoms with E-state index in [1.165, 1.54) is 33.9 Å². The van der Waals surface area contributed by atoms with Crippen molar-refractivity contribution >= 4 is 41.8 Å². The molecule has 29 heavy (non-hydrogen) atoms. The smallest absolute Gasteiger partial charge is 0.411 e. The summed E-state index contributed by atoms with van der Waals surface area (Å²) < 4.78 is 35.0. The van der Waals surface area contributed by atoms with Crippen molar-refractivity contribution in [3.63, 3.8) is 0 Å². The Hall–Kier alpha value is -1.45. The molecule has 0 fully saturated rings. The number of amides is 1. The second-order valence-corrected chi connectivity index (χ2v) is 8.67. The maximum atomic E-state index is 14.1. The minimum Gasteiger partial charge on any atom is -0.433 e. The lowest BCUT2D eigenvalue weighted by Crippen LogP contribution is -2.43. The molecule has 0 aliphatic heterocycles. The number of aromatic nitrogens is 2. The first kappa shape index (κ1) is 23.8. The van der Waals surface area contributed by atoms with E-state index in [1.54, 1.807) is 18.1 Å². The first-order valence-corrected chi connectivity index (χ1v) is 11.3. The van der Waals surface area contributed by atoms with Crippen molar-refractivity contribution in [2.24, 2.45) is 0 Å². The second-order valence-electron chi connectivity index (χ2n) is 6.96. The van der Waals surface area contributed by atoms with E-state index in [2.05, 4.69) is 4.98 Å². The fraction of sp³-hybridized carbons (Fsp3) is 0.474.